The second kappa shape index (κ2) is 10.9. The fraction of sp³-hybridized carbons (Fsp3) is 0.370. The number of methoxy groups -OCH3 is 1. The predicted molar refractivity (Wildman–Crippen MR) is 133 cm³/mol. The average Bonchev–Trinajstić information content (AvgIpc) is 3.29. The number of amides is 1. The van der Waals surface area contributed by atoms with Gasteiger partial charge in [0.05, 0.1) is 25.3 Å². The van der Waals surface area contributed by atoms with Crippen molar-refractivity contribution < 1.29 is 14.3 Å². The van der Waals surface area contributed by atoms with E-state index in [0.29, 0.717) is 23.8 Å². The van der Waals surface area contributed by atoms with Gasteiger partial charge in [-0.15, -0.1) is 0 Å². The molecule has 6 nitrogen and oxygen atoms in total. The molecule has 3 aromatic rings. The van der Waals surface area contributed by atoms with E-state index in [9.17, 15) is 9.59 Å². The molecule has 2 aromatic carbocycles. The molecule has 4 rings (SSSR count). The van der Waals surface area contributed by atoms with E-state index in [1.54, 1.807) is 0 Å². The van der Waals surface area contributed by atoms with Crippen LogP contribution in [0.25, 0.3) is 11.3 Å². The molecule has 1 aliphatic heterocycles. The zero-order valence-electron chi connectivity index (χ0n) is 19.7. The molecule has 0 fully saturated rings. The average molecular weight is 480 g/mol. The number of rotatable bonds is 9. The van der Waals surface area contributed by atoms with Crippen LogP contribution in [-0.4, -0.2) is 40.2 Å². The molecule has 0 N–H and O–H groups in total. The van der Waals surface area contributed by atoms with Crippen molar-refractivity contribution in [2.24, 2.45) is 0 Å². The molecule has 1 amide bonds. The number of hydrogen-bond acceptors (Lipinski definition) is 4. The third-order valence-corrected chi connectivity index (χ3v) is 6.52. The van der Waals surface area contributed by atoms with Crippen LogP contribution >= 0.6 is 11.6 Å². The number of halogens is 1. The Morgan fingerprint density at radius 3 is 2.47 bits per heavy atom. The Labute approximate surface area is 205 Å². The first-order valence-corrected chi connectivity index (χ1v) is 12.2. The molecule has 1 aliphatic rings. The van der Waals surface area contributed by atoms with Crippen molar-refractivity contribution in [1.29, 1.82) is 0 Å². The van der Waals surface area contributed by atoms with Gasteiger partial charge in [0.15, 0.2) is 0 Å². The monoisotopic (exact) mass is 479 g/mol. The van der Waals surface area contributed by atoms with Crippen LogP contribution in [0.5, 0.6) is 0 Å². The van der Waals surface area contributed by atoms with E-state index < -0.39 is 0 Å². The van der Waals surface area contributed by atoms with E-state index in [2.05, 4.69) is 6.92 Å². The minimum absolute atomic E-state index is 0.0157. The first-order valence-electron chi connectivity index (χ1n) is 11.8. The van der Waals surface area contributed by atoms with Crippen LogP contribution in [-0.2, 0) is 22.5 Å². The van der Waals surface area contributed by atoms with Gasteiger partial charge in [-0.3, -0.25) is 14.3 Å². The smallest absolute Gasteiger partial charge is 0.309 e. The van der Waals surface area contributed by atoms with Crippen LogP contribution in [0.1, 0.15) is 60.3 Å². The van der Waals surface area contributed by atoms with E-state index in [1.165, 1.54) is 7.11 Å². The zero-order chi connectivity index (χ0) is 24.1. The Hall–Kier alpha value is -3.12. The minimum atomic E-state index is -0.265. The van der Waals surface area contributed by atoms with Crippen molar-refractivity contribution in [3.05, 3.63) is 76.4 Å². The van der Waals surface area contributed by atoms with Crippen LogP contribution in [0.15, 0.2) is 54.6 Å². The predicted octanol–water partition coefficient (Wildman–Crippen LogP) is 5.70. The standard InChI is InChI=1S/C27H30ClN3O3/c1-3-4-5-6-23-18-30(17-20-9-7-19(8-10-20)15-26(32)34-2)27(33)25-16-24(29-31(23)25)21-11-13-22(28)14-12-21/h7-14,16,23H,3-6,15,17-18H2,1-2H3. The molecular formula is C27H30ClN3O3. The molecule has 7 heteroatoms. The van der Waals surface area contributed by atoms with Crippen LogP contribution < -0.4 is 0 Å². The van der Waals surface area contributed by atoms with Crippen molar-refractivity contribution in [3.63, 3.8) is 0 Å². The summed E-state index contributed by atoms with van der Waals surface area (Å²) in [5.41, 5.74) is 4.28. The highest BCUT2D eigenvalue weighted by Crippen LogP contribution is 2.30. The highest BCUT2D eigenvalue weighted by molar-refractivity contribution is 6.30. The Balaban J connectivity index is 1.56. The summed E-state index contributed by atoms with van der Waals surface area (Å²) < 4.78 is 6.67. The Kier molecular flexibility index (Phi) is 7.68. The molecule has 1 atom stereocenters. The summed E-state index contributed by atoms with van der Waals surface area (Å²) in [7, 11) is 1.39. The van der Waals surface area contributed by atoms with Crippen molar-refractivity contribution >= 4 is 23.5 Å². The molecule has 178 valence electrons. The van der Waals surface area contributed by atoms with Crippen LogP contribution in [0.2, 0.25) is 5.02 Å². The fourth-order valence-electron chi connectivity index (χ4n) is 4.37. The SMILES string of the molecule is CCCCCC1CN(Cc2ccc(CC(=O)OC)cc2)C(=O)c2cc(-c3ccc(Cl)cc3)nn21. The number of carbonyl (C=O) groups is 2. The summed E-state index contributed by atoms with van der Waals surface area (Å²) in [5.74, 6) is -0.281. The number of carbonyl (C=O) groups excluding carboxylic acids is 2. The van der Waals surface area contributed by atoms with Crippen LogP contribution in [0, 0.1) is 0 Å². The van der Waals surface area contributed by atoms with Gasteiger partial charge in [0.1, 0.15) is 5.69 Å². The summed E-state index contributed by atoms with van der Waals surface area (Å²) in [5, 5.41) is 5.50. The molecule has 0 aliphatic carbocycles. The maximum Gasteiger partial charge on any atom is 0.309 e. The topological polar surface area (TPSA) is 64.4 Å². The number of fused-ring (bicyclic) bond motifs is 1. The van der Waals surface area contributed by atoms with Crippen molar-refractivity contribution in [2.45, 2.75) is 51.6 Å². The lowest BCUT2D eigenvalue weighted by atomic mass is 10.0. The van der Waals surface area contributed by atoms with E-state index in [0.717, 1.165) is 48.1 Å². The third kappa shape index (κ3) is 5.50. The Morgan fingerprint density at radius 2 is 1.79 bits per heavy atom. The lowest BCUT2D eigenvalue weighted by molar-refractivity contribution is -0.139. The first-order chi connectivity index (χ1) is 16.5. The first kappa shape index (κ1) is 24.0. The largest absolute Gasteiger partial charge is 0.469 e. The van der Waals surface area contributed by atoms with Gasteiger partial charge in [-0.05, 0) is 35.7 Å². The third-order valence-electron chi connectivity index (χ3n) is 6.27. The lowest BCUT2D eigenvalue weighted by Gasteiger charge is -2.33. The van der Waals surface area contributed by atoms with Gasteiger partial charge >= 0.3 is 5.97 Å². The Bertz CT molecular complexity index is 1140. The van der Waals surface area contributed by atoms with E-state index in [1.807, 2.05) is 64.2 Å². The summed E-state index contributed by atoms with van der Waals surface area (Å²) in [6.07, 6.45) is 4.62. The van der Waals surface area contributed by atoms with Gasteiger partial charge in [0.2, 0.25) is 0 Å². The molecule has 2 heterocycles. The van der Waals surface area contributed by atoms with E-state index >= 15 is 0 Å². The van der Waals surface area contributed by atoms with Gasteiger partial charge in [0, 0.05) is 23.7 Å². The Morgan fingerprint density at radius 1 is 1.09 bits per heavy atom. The number of hydrogen-bond donors (Lipinski definition) is 0. The zero-order valence-corrected chi connectivity index (χ0v) is 20.4. The van der Waals surface area contributed by atoms with Crippen molar-refractivity contribution in [3.8, 4) is 11.3 Å². The number of benzene rings is 2. The molecule has 0 bridgehead atoms. The maximum atomic E-state index is 13.4. The number of aromatic nitrogens is 2. The number of ether oxygens (including phenoxy) is 1. The van der Waals surface area contributed by atoms with Gasteiger partial charge in [-0.2, -0.15) is 5.10 Å². The normalized spacial score (nSPS) is 15.3. The number of nitrogens with zero attached hydrogens (tertiary/aromatic N) is 3. The van der Waals surface area contributed by atoms with Crippen molar-refractivity contribution in [1.82, 2.24) is 14.7 Å². The van der Waals surface area contributed by atoms with Gasteiger partial charge in [-0.25, -0.2) is 0 Å². The fourth-order valence-corrected chi connectivity index (χ4v) is 4.50. The molecule has 0 radical (unpaired) electrons. The summed E-state index contributed by atoms with van der Waals surface area (Å²) >= 11 is 6.05. The summed E-state index contributed by atoms with van der Waals surface area (Å²) in [4.78, 5) is 26.9. The van der Waals surface area contributed by atoms with E-state index in [4.69, 9.17) is 21.4 Å². The van der Waals surface area contributed by atoms with E-state index in [-0.39, 0.29) is 24.3 Å². The number of unbranched alkanes of at least 4 members (excludes halogenated alkanes) is 2. The molecule has 0 saturated carbocycles. The van der Waals surface area contributed by atoms with Gasteiger partial charge in [-0.1, -0.05) is 74.2 Å². The molecule has 1 aromatic heterocycles. The summed E-state index contributed by atoms with van der Waals surface area (Å²) in [6.45, 7) is 3.34. The van der Waals surface area contributed by atoms with Crippen LogP contribution in [0.4, 0.5) is 0 Å². The van der Waals surface area contributed by atoms with Gasteiger partial charge in [0.25, 0.3) is 5.91 Å². The summed E-state index contributed by atoms with van der Waals surface area (Å²) in [6, 6.07) is 17.4. The quantitative estimate of drug-likeness (QED) is 0.292. The lowest BCUT2D eigenvalue weighted by Crippen LogP contribution is -2.42. The second-order valence-corrected chi connectivity index (χ2v) is 9.21. The molecule has 0 spiro atoms. The second-order valence-electron chi connectivity index (χ2n) is 8.77. The highest BCUT2D eigenvalue weighted by atomic mass is 35.5. The minimum Gasteiger partial charge on any atom is -0.469 e. The molecule has 34 heavy (non-hydrogen) atoms. The molecule has 1 unspecified atom stereocenters. The maximum absolute atomic E-state index is 13.4. The molecular weight excluding hydrogens is 450 g/mol. The molecule has 0 saturated heterocycles. The van der Waals surface area contributed by atoms with Crippen molar-refractivity contribution in [2.75, 3.05) is 13.7 Å². The number of esters is 1. The van der Waals surface area contributed by atoms with Gasteiger partial charge < -0.3 is 9.64 Å². The van der Waals surface area contributed by atoms with Crippen LogP contribution in [0.3, 0.4) is 0 Å². The highest BCUT2D eigenvalue weighted by Gasteiger charge is 2.32.